The first-order valence-corrected chi connectivity index (χ1v) is 6.30. The molecule has 0 bridgehead atoms. The van der Waals surface area contributed by atoms with Crippen molar-refractivity contribution in [1.29, 1.82) is 0 Å². The van der Waals surface area contributed by atoms with Crippen LogP contribution in [0.4, 0.5) is 5.00 Å². The van der Waals surface area contributed by atoms with E-state index in [4.69, 9.17) is 4.74 Å². The van der Waals surface area contributed by atoms with Gasteiger partial charge in [-0.05, 0) is 19.1 Å². The summed E-state index contributed by atoms with van der Waals surface area (Å²) in [6.45, 7) is 2.58. The van der Waals surface area contributed by atoms with E-state index < -0.39 is 5.97 Å². The number of hydrogen-bond acceptors (Lipinski definition) is 7. The Morgan fingerprint density at radius 1 is 1.56 bits per heavy atom. The van der Waals surface area contributed by atoms with Gasteiger partial charge in [0.05, 0.1) is 24.4 Å². The average molecular weight is 264 g/mol. The Balaban J connectivity index is 2.02. The standard InChI is InChI=1S/C11H12N4O2S/c1-2-17-11(16)9-10(18-7-13-9)12-6-8-4-3-5-14-15-8/h3-5,7,12H,2,6H2,1H3. The third kappa shape index (κ3) is 3.01. The molecule has 0 aromatic carbocycles. The Hall–Kier alpha value is -2.02. The molecule has 0 amide bonds. The monoisotopic (exact) mass is 264 g/mol. The van der Waals surface area contributed by atoms with Gasteiger partial charge in [0.2, 0.25) is 0 Å². The van der Waals surface area contributed by atoms with Crippen LogP contribution >= 0.6 is 11.3 Å². The van der Waals surface area contributed by atoms with Gasteiger partial charge in [0.1, 0.15) is 5.00 Å². The lowest BCUT2D eigenvalue weighted by Gasteiger charge is -2.04. The Bertz CT molecular complexity index is 515. The van der Waals surface area contributed by atoms with Crippen molar-refractivity contribution in [3.63, 3.8) is 0 Å². The summed E-state index contributed by atoms with van der Waals surface area (Å²) in [6.07, 6.45) is 1.61. The van der Waals surface area contributed by atoms with Crippen LogP contribution in [-0.2, 0) is 11.3 Å². The maximum Gasteiger partial charge on any atom is 0.360 e. The second-order valence-corrected chi connectivity index (χ2v) is 4.17. The predicted molar refractivity (Wildman–Crippen MR) is 67.4 cm³/mol. The highest BCUT2D eigenvalue weighted by atomic mass is 32.1. The van der Waals surface area contributed by atoms with Crippen molar-refractivity contribution in [3.05, 3.63) is 35.2 Å². The van der Waals surface area contributed by atoms with E-state index in [9.17, 15) is 4.79 Å². The van der Waals surface area contributed by atoms with Gasteiger partial charge in [-0.3, -0.25) is 0 Å². The number of carbonyl (C=O) groups is 1. The van der Waals surface area contributed by atoms with Crippen LogP contribution in [0, 0.1) is 0 Å². The molecule has 2 rings (SSSR count). The van der Waals surface area contributed by atoms with Crippen molar-refractivity contribution in [2.75, 3.05) is 11.9 Å². The zero-order chi connectivity index (χ0) is 12.8. The van der Waals surface area contributed by atoms with E-state index in [1.54, 1.807) is 18.6 Å². The SMILES string of the molecule is CCOC(=O)c1ncsc1NCc1cccnn1. The van der Waals surface area contributed by atoms with Crippen LogP contribution in [0.2, 0.25) is 0 Å². The van der Waals surface area contributed by atoms with E-state index in [2.05, 4.69) is 20.5 Å². The summed E-state index contributed by atoms with van der Waals surface area (Å²) >= 11 is 1.35. The topological polar surface area (TPSA) is 77.0 Å². The Kier molecular flexibility index (Phi) is 4.19. The van der Waals surface area contributed by atoms with Crippen LogP contribution in [0.1, 0.15) is 23.1 Å². The van der Waals surface area contributed by atoms with Crippen molar-refractivity contribution in [1.82, 2.24) is 15.2 Å². The van der Waals surface area contributed by atoms with E-state index in [1.807, 2.05) is 12.1 Å². The Morgan fingerprint density at radius 3 is 3.17 bits per heavy atom. The summed E-state index contributed by atoms with van der Waals surface area (Å²) in [5.41, 5.74) is 2.71. The first-order chi connectivity index (χ1) is 8.81. The van der Waals surface area contributed by atoms with Crippen LogP contribution in [0.3, 0.4) is 0 Å². The summed E-state index contributed by atoms with van der Waals surface area (Å²) < 4.78 is 4.92. The first kappa shape index (κ1) is 12.4. The summed E-state index contributed by atoms with van der Waals surface area (Å²) in [5, 5.41) is 11.5. The van der Waals surface area contributed by atoms with Gasteiger partial charge in [0, 0.05) is 6.20 Å². The first-order valence-electron chi connectivity index (χ1n) is 5.42. The van der Waals surface area contributed by atoms with Crippen molar-refractivity contribution in [3.8, 4) is 0 Å². The molecule has 2 heterocycles. The lowest BCUT2D eigenvalue weighted by atomic mass is 10.4. The number of carbonyl (C=O) groups excluding carboxylic acids is 1. The van der Waals surface area contributed by atoms with E-state index in [0.717, 1.165) is 5.69 Å². The molecule has 18 heavy (non-hydrogen) atoms. The van der Waals surface area contributed by atoms with Gasteiger partial charge in [0.25, 0.3) is 0 Å². The minimum Gasteiger partial charge on any atom is -0.461 e. The molecular weight excluding hydrogens is 252 g/mol. The summed E-state index contributed by atoms with van der Waals surface area (Å²) in [4.78, 5) is 15.6. The fourth-order valence-corrected chi connectivity index (χ4v) is 1.98. The van der Waals surface area contributed by atoms with Crippen LogP contribution in [0.25, 0.3) is 0 Å². The summed E-state index contributed by atoms with van der Waals surface area (Å²) in [7, 11) is 0. The van der Waals surface area contributed by atoms with Gasteiger partial charge in [-0.2, -0.15) is 10.2 Å². The van der Waals surface area contributed by atoms with Gasteiger partial charge in [-0.25, -0.2) is 9.78 Å². The third-order valence-corrected chi connectivity index (χ3v) is 2.88. The van der Waals surface area contributed by atoms with Gasteiger partial charge in [0.15, 0.2) is 5.69 Å². The molecule has 0 radical (unpaired) electrons. The van der Waals surface area contributed by atoms with Crippen molar-refractivity contribution in [2.45, 2.75) is 13.5 Å². The number of thiazole rings is 1. The molecule has 0 aliphatic carbocycles. The molecule has 0 spiro atoms. The molecule has 0 aliphatic heterocycles. The van der Waals surface area contributed by atoms with Crippen LogP contribution in [-0.4, -0.2) is 27.8 Å². The molecule has 94 valence electrons. The average Bonchev–Trinajstić information content (AvgIpc) is 2.86. The summed E-state index contributed by atoms with van der Waals surface area (Å²) in [6, 6.07) is 3.66. The number of ether oxygens (including phenoxy) is 1. The highest BCUT2D eigenvalue weighted by Crippen LogP contribution is 2.21. The highest BCUT2D eigenvalue weighted by Gasteiger charge is 2.15. The van der Waals surface area contributed by atoms with Crippen LogP contribution in [0.15, 0.2) is 23.8 Å². The van der Waals surface area contributed by atoms with Crippen LogP contribution < -0.4 is 5.32 Å². The van der Waals surface area contributed by atoms with Crippen molar-refractivity contribution in [2.24, 2.45) is 0 Å². The molecule has 2 aromatic rings. The summed E-state index contributed by atoms with van der Waals surface area (Å²) in [5.74, 6) is -0.416. The van der Waals surface area contributed by atoms with Gasteiger partial charge in [-0.1, -0.05) is 0 Å². The number of rotatable bonds is 5. The fourth-order valence-electron chi connectivity index (χ4n) is 1.31. The molecule has 7 heteroatoms. The minimum atomic E-state index is -0.416. The number of nitrogens with zero attached hydrogens (tertiary/aromatic N) is 3. The smallest absolute Gasteiger partial charge is 0.360 e. The number of hydrogen-bond donors (Lipinski definition) is 1. The quantitative estimate of drug-likeness (QED) is 0.829. The number of aromatic nitrogens is 3. The van der Waals surface area contributed by atoms with E-state index >= 15 is 0 Å². The predicted octanol–water partition coefficient (Wildman–Crippen LogP) is 1.72. The fraction of sp³-hybridized carbons (Fsp3) is 0.273. The molecule has 0 atom stereocenters. The number of nitrogens with one attached hydrogen (secondary N) is 1. The Labute approximate surface area is 108 Å². The lowest BCUT2D eigenvalue weighted by Crippen LogP contribution is -2.09. The van der Waals surface area contributed by atoms with Gasteiger partial charge < -0.3 is 10.1 Å². The second-order valence-electron chi connectivity index (χ2n) is 3.32. The maximum absolute atomic E-state index is 11.6. The number of esters is 1. The molecule has 2 aromatic heterocycles. The zero-order valence-electron chi connectivity index (χ0n) is 9.79. The van der Waals surface area contributed by atoms with Crippen LogP contribution in [0.5, 0.6) is 0 Å². The Morgan fingerprint density at radius 2 is 2.44 bits per heavy atom. The van der Waals surface area contributed by atoms with E-state index in [1.165, 1.54) is 11.3 Å². The van der Waals surface area contributed by atoms with Crippen molar-refractivity contribution >= 4 is 22.3 Å². The molecule has 0 aliphatic rings. The van der Waals surface area contributed by atoms with Gasteiger partial charge >= 0.3 is 5.97 Å². The largest absolute Gasteiger partial charge is 0.461 e. The highest BCUT2D eigenvalue weighted by molar-refractivity contribution is 7.14. The van der Waals surface area contributed by atoms with Gasteiger partial charge in [-0.15, -0.1) is 11.3 Å². The molecule has 0 saturated heterocycles. The molecule has 1 N–H and O–H groups in total. The lowest BCUT2D eigenvalue weighted by molar-refractivity contribution is 0.0521. The second kappa shape index (κ2) is 6.06. The maximum atomic E-state index is 11.6. The molecule has 0 fully saturated rings. The molecular formula is C11H12N4O2S. The molecule has 6 nitrogen and oxygen atoms in total. The molecule has 0 saturated carbocycles. The zero-order valence-corrected chi connectivity index (χ0v) is 10.6. The van der Waals surface area contributed by atoms with Crippen molar-refractivity contribution < 1.29 is 9.53 Å². The minimum absolute atomic E-state index is 0.311. The normalized spacial score (nSPS) is 10.1. The van der Waals surface area contributed by atoms with E-state index in [0.29, 0.717) is 23.8 Å². The van der Waals surface area contributed by atoms with E-state index in [-0.39, 0.29) is 0 Å². The molecule has 0 unspecified atom stereocenters. The third-order valence-electron chi connectivity index (χ3n) is 2.09. The number of anilines is 1.